The highest BCUT2D eigenvalue weighted by Gasteiger charge is 2.09. The van der Waals surface area contributed by atoms with Gasteiger partial charge < -0.3 is 0 Å². The van der Waals surface area contributed by atoms with E-state index >= 15 is 0 Å². The largest absolute Gasteiger partial charge is 0.248 e. The predicted octanol–water partition coefficient (Wildman–Crippen LogP) is 2.86. The highest BCUT2D eigenvalue weighted by Crippen LogP contribution is 2.22. The second kappa shape index (κ2) is 4.35. The summed E-state index contributed by atoms with van der Waals surface area (Å²) in [7, 11) is -1.18. The van der Waals surface area contributed by atoms with E-state index in [4.69, 9.17) is 0 Å². The molecule has 2 aromatic carbocycles. The van der Waals surface area contributed by atoms with Crippen LogP contribution in [-0.2, 0) is 10.8 Å². The Morgan fingerprint density at radius 2 is 1.88 bits per heavy atom. The van der Waals surface area contributed by atoms with Crippen molar-refractivity contribution in [2.75, 3.05) is 0 Å². The molecule has 3 aromatic rings. The molecule has 0 amide bonds. The van der Waals surface area contributed by atoms with Gasteiger partial charge in [-0.05, 0) is 34.4 Å². The first kappa shape index (κ1) is 10.6. The van der Waals surface area contributed by atoms with Crippen LogP contribution < -0.4 is 0 Å². The third kappa shape index (κ3) is 1.99. The molecular formula is C12H8N2OS2. The van der Waals surface area contributed by atoms with E-state index in [1.807, 2.05) is 42.5 Å². The first-order valence-corrected chi connectivity index (χ1v) is 6.95. The maximum Gasteiger partial charge on any atom is 0.137 e. The SMILES string of the molecule is O=[S@](c1ccc2ccccc2c1)c1cnns1. The van der Waals surface area contributed by atoms with Crippen molar-refractivity contribution in [3.05, 3.63) is 48.7 Å². The van der Waals surface area contributed by atoms with Crippen LogP contribution in [0.4, 0.5) is 0 Å². The van der Waals surface area contributed by atoms with Crippen LogP contribution in [0.25, 0.3) is 10.8 Å². The Labute approximate surface area is 105 Å². The lowest BCUT2D eigenvalue weighted by Crippen LogP contribution is -1.89. The minimum absolute atomic E-state index is 0.681. The van der Waals surface area contributed by atoms with Gasteiger partial charge in [0.15, 0.2) is 0 Å². The molecule has 3 nitrogen and oxygen atoms in total. The van der Waals surface area contributed by atoms with Gasteiger partial charge in [-0.3, -0.25) is 0 Å². The molecule has 1 heterocycles. The molecule has 0 fully saturated rings. The van der Waals surface area contributed by atoms with Crippen LogP contribution in [0.2, 0.25) is 0 Å². The standard InChI is InChI=1S/C12H8N2OS2/c15-17(12-8-13-14-16-12)11-6-5-9-3-1-2-4-10(9)7-11/h1-8H/t17-/m1/s1. The Morgan fingerprint density at radius 3 is 2.65 bits per heavy atom. The van der Waals surface area contributed by atoms with Gasteiger partial charge in [-0.15, -0.1) is 5.10 Å². The van der Waals surface area contributed by atoms with Crippen LogP contribution in [0, 0.1) is 0 Å². The van der Waals surface area contributed by atoms with E-state index in [1.165, 1.54) is 11.5 Å². The lowest BCUT2D eigenvalue weighted by molar-refractivity contribution is 0.684. The summed E-state index contributed by atoms with van der Waals surface area (Å²) in [5.41, 5.74) is 0. The van der Waals surface area contributed by atoms with Crippen molar-refractivity contribution in [2.24, 2.45) is 0 Å². The molecule has 84 valence electrons. The molecule has 0 aliphatic rings. The molecule has 1 atom stereocenters. The Hall–Kier alpha value is -1.59. The van der Waals surface area contributed by atoms with E-state index in [1.54, 1.807) is 6.20 Å². The molecule has 17 heavy (non-hydrogen) atoms. The maximum absolute atomic E-state index is 12.2. The smallest absolute Gasteiger partial charge is 0.137 e. The fraction of sp³-hybridized carbons (Fsp3) is 0. The maximum atomic E-state index is 12.2. The quantitative estimate of drug-likeness (QED) is 0.711. The molecule has 0 radical (unpaired) electrons. The van der Waals surface area contributed by atoms with Gasteiger partial charge in [0, 0.05) is 4.90 Å². The predicted molar refractivity (Wildman–Crippen MR) is 68.5 cm³/mol. The van der Waals surface area contributed by atoms with Crippen LogP contribution in [0.5, 0.6) is 0 Å². The number of aromatic nitrogens is 2. The van der Waals surface area contributed by atoms with Crippen molar-refractivity contribution >= 4 is 33.1 Å². The summed E-state index contributed by atoms with van der Waals surface area (Å²) >= 11 is 1.17. The summed E-state index contributed by atoms with van der Waals surface area (Å²) in [5.74, 6) is 0. The Balaban J connectivity index is 2.09. The Bertz CT molecular complexity index is 680. The van der Waals surface area contributed by atoms with Gasteiger partial charge in [-0.25, -0.2) is 4.21 Å². The molecule has 0 aliphatic heterocycles. The van der Waals surface area contributed by atoms with Crippen LogP contribution in [0.1, 0.15) is 0 Å². The van der Waals surface area contributed by atoms with Crippen molar-refractivity contribution in [3.8, 4) is 0 Å². The molecule has 3 rings (SSSR count). The second-order valence-electron chi connectivity index (χ2n) is 3.51. The summed E-state index contributed by atoms with van der Waals surface area (Å²) < 4.78 is 16.6. The number of hydrogen-bond donors (Lipinski definition) is 0. The van der Waals surface area contributed by atoms with E-state index in [0.29, 0.717) is 4.21 Å². The van der Waals surface area contributed by atoms with E-state index in [9.17, 15) is 4.21 Å². The van der Waals surface area contributed by atoms with Gasteiger partial charge in [-0.1, -0.05) is 34.8 Å². The molecule has 0 saturated carbocycles. The van der Waals surface area contributed by atoms with Gasteiger partial charge in [0.05, 0.1) is 17.0 Å². The van der Waals surface area contributed by atoms with Gasteiger partial charge in [0.25, 0.3) is 0 Å². The summed E-state index contributed by atoms with van der Waals surface area (Å²) in [4.78, 5) is 0.787. The Kier molecular flexibility index (Phi) is 2.70. The fourth-order valence-electron chi connectivity index (χ4n) is 1.64. The number of benzene rings is 2. The highest BCUT2D eigenvalue weighted by atomic mass is 32.2. The number of nitrogens with zero attached hydrogens (tertiary/aromatic N) is 2. The van der Waals surface area contributed by atoms with Crippen LogP contribution in [-0.4, -0.2) is 13.8 Å². The lowest BCUT2D eigenvalue weighted by Gasteiger charge is -2.01. The van der Waals surface area contributed by atoms with Gasteiger partial charge in [0.1, 0.15) is 4.21 Å². The van der Waals surface area contributed by atoms with Crippen molar-refractivity contribution in [1.82, 2.24) is 9.59 Å². The molecule has 0 saturated heterocycles. The molecule has 0 N–H and O–H groups in total. The molecule has 1 aromatic heterocycles. The van der Waals surface area contributed by atoms with Crippen molar-refractivity contribution in [1.29, 1.82) is 0 Å². The second-order valence-corrected chi connectivity index (χ2v) is 6.01. The van der Waals surface area contributed by atoms with E-state index < -0.39 is 10.8 Å². The average Bonchev–Trinajstić information content (AvgIpc) is 2.91. The molecule has 0 aliphatic carbocycles. The Morgan fingerprint density at radius 1 is 1.06 bits per heavy atom. The number of fused-ring (bicyclic) bond motifs is 1. The first-order valence-electron chi connectivity index (χ1n) is 5.02. The zero-order valence-electron chi connectivity index (χ0n) is 8.74. The van der Waals surface area contributed by atoms with Crippen LogP contribution in [0.3, 0.4) is 0 Å². The first-order chi connectivity index (χ1) is 8.34. The van der Waals surface area contributed by atoms with E-state index in [2.05, 4.69) is 9.59 Å². The minimum atomic E-state index is -1.18. The topological polar surface area (TPSA) is 42.9 Å². The minimum Gasteiger partial charge on any atom is -0.248 e. The lowest BCUT2D eigenvalue weighted by atomic mass is 10.1. The summed E-state index contributed by atoms with van der Waals surface area (Å²) in [6.07, 6.45) is 1.55. The highest BCUT2D eigenvalue weighted by molar-refractivity contribution is 7.87. The molecular weight excluding hydrogens is 252 g/mol. The van der Waals surface area contributed by atoms with Gasteiger partial charge in [-0.2, -0.15) is 0 Å². The van der Waals surface area contributed by atoms with E-state index in [0.717, 1.165) is 15.7 Å². The van der Waals surface area contributed by atoms with Crippen LogP contribution in [0.15, 0.2) is 57.8 Å². The van der Waals surface area contributed by atoms with Crippen molar-refractivity contribution in [3.63, 3.8) is 0 Å². The van der Waals surface area contributed by atoms with E-state index in [-0.39, 0.29) is 0 Å². The third-order valence-electron chi connectivity index (χ3n) is 2.46. The zero-order chi connectivity index (χ0) is 11.7. The van der Waals surface area contributed by atoms with Crippen molar-refractivity contribution in [2.45, 2.75) is 9.10 Å². The molecule has 0 unspecified atom stereocenters. The fourth-order valence-corrected chi connectivity index (χ4v) is 3.37. The summed E-state index contributed by atoms with van der Waals surface area (Å²) in [6.45, 7) is 0. The number of rotatable bonds is 2. The number of hydrogen-bond acceptors (Lipinski definition) is 4. The zero-order valence-corrected chi connectivity index (χ0v) is 10.4. The summed E-state index contributed by atoms with van der Waals surface area (Å²) in [5, 5.41) is 5.95. The third-order valence-corrected chi connectivity index (χ3v) is 4.75. The van der Waals surface area contributed by atoms with Crippen molar-refractivity contribution < 1.29 is 4.21 Å². The molecule has 0 spiro atoms. The molecule has 0 bridgehead atoms. The van der Waals surface area contributed by atoms with Crippen LogP contribution >= 0.6 is 11.5 Å². The van der Waals surface area contributed by atoms with Gasteiger partial charge >= 0.3 is 0 Å². The average molecular weight is 260 g/mol. The van der Waals surface area contributed by atoms with Gasteiger partial charge in [0.2, 0.25) is 0 Å². The summed E-state index contributed by atoms with van der Waals surface area (Å²) in [6, 6.07) is 13.8. The molecule has 5 heteroatoms. The monoisotopic (exact) mass is 260 g/mol. The normalized spacial score (nSPS) is 12.7.